The van der Waals surface area contributed by atoms with Crippen molar-refractivity contribution in [1.29, 1.82) is 0 Å². The molecule has 0 aliphatic heterocycles. The molecule has 0 aliphatic rings. The Balaban J connectivity index is 1.30. The molecule has 10 heteroatoms. The fourth-order valence-electron chi connectivity index (χ4n) is 5.84. The van der Waals surface area contributed by atoms with Gasteiger partial charge in [-0.1, -0.05) is 84.9 Å². The molecule has 0 amide bonds. The average Bonchev–Trinajstić information content (AvgIpc) is 3.10. The van der Waals surface area contributed by atoms with Crippen LogP contribution in [-0.2, 0) is 23.2 Å². The van der Waals surface area contributed by atoms with E-state index in [4.69, 9.17) is 9.47 Å². The number of aliphatic hydroxyl groups is 1. The summed E-state index contributed by atoms with van der Waals surface area (Å²) in [5.41, 5.74) is 4.33. The molecule has 0 aromatic heterocycles. The Morgan fingerprint density at radius 1 is 0.740 bits per heavy atom. The summed E-state index contributed by atoms with van der Waals surface area (Å²) >= 11 is 0. The van der Waals surface area contributed by atoms with Crippen molar-refractivity contribution in [2.45, 2.75) is 44.6 Å². The molecule has 0 spiro atoms. The van der Waals surface area contributed by atoms with Crippen LogP contribution in [0.25, 0.3) is 0 Å². The van der Waals surface area contributed by atoms with Crippen LogP contribution in [0.2, 0.25) is 0 Å². The van der Waals surface area contributed by atoms with Gasteiger partial charge in [0.25, 0.3) is 0 Å². The molecule has 262 valence electrons. The third-order valence-electron chi connectivity index (χ3n) is 8.39. The first-order chi connectivity index (χ1) is 24.0. The number of rotatable bonds is 17. The van der Waals surface area contributed by atoms with Gasteiger partial charge in [-0.25, -0.2) is 8.42 Å². The maximum atomic E-state index is 12.2. The molecule has 0 fully saturated rings. The predicted octanol–water partition coefficient (Wildman–Crippen LogP) is 6.90. The maximum absolute atomic E-state index is 12.2. The van der Waals surface area contributed by atoms with E-state index in [0.29, 0.717) is 31.0 Å². The van der Waals surface area contributed by atoms with Crippen LogP contribution in [0, 0.1) is 0 Å². The molecule has 5 rings (SSSR count). The molecule has 0 aliphatic carbocycles. The number of ether oxygens (including phenoxy) is 2. The Morgan fingerprint density at radius 2 is 1.30 bits per heavy atom. The Hall–Kier alpha value is -5.03. The minimum atomic E-state index is -3.61. The van der Waals surface area contributed by atoms with Gasteiger partial charge < -0.3 is 24.8 Å². The van der Waals surface area contributed by atoms with Gasteiger partial charge in [-0.15, -0.1) is 0 Å². The molecule has 4 N–H and O–H groups in total. The molecular weight excluding hydrogens is 653 g/mol. The van der Waals surface area contributed by atoms with Crippen LogP contribution in [0.15, 0.2) is 127 Å². The lowest BCUT2D eigenvalue weighted by Crippen LogP contribution is -2.41. The van der Waals surface area contributed by atoms with Crippen LogP contribution in [0.5, 0.6) is 23.0 Å². The van der Waals surface area contributed by atoms with Gasteiger partial charge >= 0.3 is 0 Å². The Morgan fingerprint density at radius 3 is 1.86 bits per heavy atom. The maximum Gasteiger partial charge on any atom is 0.229 e. The summed E-state index contributed by atoms with van der Waals surface area (Å²) in [5.74, 6) is 1.07. The first-order valence-corrected chi connectivity index (χ1v) is 18.4. The molecule has 5 aromatic rings. The van der Waals surface area contributed by atoms with Crippen molar-refractivity contribution >= 4 is 15.7 Å². The lowest BCUT2D eigenvalue weighted by Gasteiger charge is -2.33. The Kier molecular flexibility index (Phi) is 12.4. The van der Waals surface area contributed by atoms with Crippen LogP contribution < -0.4 is 14.2 Å². The number of sulfonamides is 1. The van der Waals surface area contributed by atoms with Crippen molar-refractivity contribution in [3.8, 4) is 23.0 Å². The van der Waals surface area contributed by atoms with E-state index in [1.807, 2.05) is 72.8 Å². The van der Waals surface area contributed by atoms with Crippen LogP contribution in [0.1, 0.15) is 41.5 Å². The lowest BCUT2D eigenvalue weighted by molar-refractivity contribution is 0.0490. The minimum absolute atomic E-state index is 0.0101. The molecule has 2 atom stereocenters. The molecule has 1 unspecified atom stereocenters. The third-order valence-corrected chi connectivity index (χ3v) is 8.98. The van der Waals surface area contributed by atoms with Crippen molar-refractivity contribution in [3.63, 3.8) is 0 Å². The van der Waals surface area contributed by atoms with Crippen LogP contribution in [-0.4, -0.2) is 60.2 Å². The minimum Gasteiger partial charge on any atom is -0.508 e. The predicted molar refractivity (Wildman–Crippen MR) is 196 cm³/mol. The molecule has 0 radical (unpaired) electrons. The highest BCUT2D eigenvalue weighted by Gasteiger charge is 2.24. The number of phenols is 2. The average molecular weight is 697 g/mol. The fourth-order valence-corrected chi connectivity index (χ4v) is 6.40. The number of hydrogen-bond acceptors (Lipinski definition) is 8. The summed E-state index contributed by atoms with van der Waals surface area (Å²) < 4.78 is 38.7. The number of nitrogens with zero attached hydrogens (tertiary/aromatic N) is 1. The van der Waals surface area contributed by atoms with Gasteiger partial charge in [-0.2, -0.15) is 0 Å². The summed E-state index contributed by atoms with van der Waals surface area (Å²) in [6, 6.07) is 38.8. The van der Waals surface area contributed by atoms with E-state index in [-0.39, 0.29) is 42.4 Å². The number of aromatic hydroxyl groups is 2. The van der Waals surface area contributed by atoms with Crippen LogP contribution in [0.3, 0.4) is 0 Å². The normalized spacial score (nSPS) is 12.8. The number of benzene rings is 5. The Labute approximate surface area is 294 Å². The van der Waals surface area contributed by atoms with E-state index in [1.165, 1.54) is 0 Å². The smallest absolute Gasteiger partial charge is 0.229 e. The van der Waals surface area contributed by atoms with E-state index in [1.54, 1.807) is 42.5 Å². The van der Waals surface area contributed by atoms with Crippen LogP contribution >= 0.6 is 0 Å². The summed E-state index contributed by atoms with van der Waals surface area (Å²) in [6.45, 7) is 3.25. The van der Waals surface area contributed by atoms with Gasteiger partial charge in [-0.3, -0.25) is 9.62 Å². The van der Waals surface area contributed by atoms with Gasteiger partial charge in [0.1, 0.15) is 42.3 Å². The van der Waals surface area contributed by atoms with E-state index >= 15 is 0 Å². The van der Waals surface area contributed by atoms with Crippen molar-refractivity contribution in [2.24, 2.45) is 0 Å². The van der Waals surface area contributed by atoms with E-state index in [9.17, 15) is 23.7 Å². The zero-order chi connectivity index (χ0) is 35.5. The number of anilines is 1. The highest BCUT2D eigenvalue weighted by Crippen LogP contribution is 2.34. The largest absolute Gasteiger partial charge is 0.508 e. The highest BCUT2D eigenvalue weighted by molar-refractivity contribution is 7.92. The van der Waals surface area contributed by atoms with Gasteiger partial charge in [0.15, 0.2) is 0 Å². The molecule has 0 saturated heterocycles. The number of nitrogens with one attached hydrogen (secondary N) is 1. The van der Waals surface area contributed by atoms with E-state index in [2.05, 4.69) is 28.7 Å². The summed E-state index contributed by atoms with van der Waals surface area (Å²) in [7, 11) is -3.61. The molecular formula is C40H44N2O7S. The summed E-state index contributed by atoms with van der Waals surface area (Å²) in [6.07, 6.45) is 0.894. The monoisotopic (exact) mass is 696 g/mol. The van der Waals surface area contributed by atoms with Crippen molar-refractivity contribution in [1.82, 2.24) is 4.90 Å². The second-order valence-electron chi connectivity index (χ2n) is 12.5. The summed E-state index contributed by atoms with van der Waals surface area (Å²) in [4.78, 5) is 2.22. The standard InChI is InChI=1S/C40H44N2O7S/c1-29(23-38(32-13-17-34(43)18-14-32)33-15-19-35(44)20-16-33)42(25-30-9-5-3-6-10-30)26-36(45)28-48-37-21-22-40(39(24-37)41-50(2,46)47)49-27-31-11-7-4-8-12-31/h3-22,24,29,36,38,41,43-45H,23,25-28H2,1-2H3/t29?,36-/m0/s1. The summed E-state index contributed by atoms with van der Waals surface area (Å²) in [5, 5.41) is 31.2. The zero-order valence-electron chi connectivity index (χ0n) is 28.2. The molecule has 0 heterocycles. The molecule has 0 bridgehead atoms. The third kappa shape index (κ3) is 11.0. The van der Waals surface area contributed by atoms with Crippen molar-refractivity contribution < 1.29 is 33.2 Å². The first kappa shape index (κ1) is 36.3. The van der Waals surface area contributed by atoms with Crippen molar-refractivity contribution in [3.05, 3.63) is 150 Å². The number of aliphatic hydroxyl groups excluding tert-OH is 1. The van der Waals surface area contributed by atoms with Crippen molar-refractivity contribution in [2.75, 3.05) is 24.1 Å². The van der Waals surface area contributed by atoms with Gasteiger partial charge in [-0.05, 0) is 72.0 Å². The Bertz CT molecular complexity index is 1840. The number of phenolic OH excluding ortho intramolecular Hbond substituents is 2. The van der Waals surface area contributed by atoms with E-state index < -0.39 is 16.1 Å². The van der Waals surface area contributed by atoms with Crippen LogP contribution in [0.4, 0.5) is 5.69 Å². The second-order valence-corrected chi connectivity index (χ2v) is 14.3. The first-order valence-electron chi connectivity index (χ1n) is 16.5. The topological polar surface area (TPSA) is 129 Å². The molecule has 5 aromatic carbocycles. The van der Waals surface area contributed by atoms with Gasteiger partial charge in [0, 0.05) is 31.1 Å². The quantitative estimate of drug-likeness (QED) is 0.0827. The van der Waals surface area contributed by atoms with E-state index in [0.717, 1.165) is 28.5 Å². The van der Waals surface area contributed by atoms with Gasteiger partial charge in [0.2, 0.25) is 10.0 Å². The second kappa shape index (κ2) is 17.1. The SMILES string of the molecule is CC(CC(c1ccc(O)cc1)c1ccc(O)cc1)N(Cc1ccccc1)C[C@H](O)COc1ccc(OCc2ccccc2)c(NS(C)(=O)=O)c1. The lowest BCUT2D eigenvalue weighted by atomic mass is 9.85. The molecule has 50 heavy (non-hydrogen) atoms. The molecule has 0 saturated carbocycles. The number of hydrogen-bond donors (Lipinski definition) is 4. The zero-order valence-corrected chi connectivity index (χ0v) is 29.0. The highest BCUT2D eigenvalue weighted by atomic mass is 32.2. The molecule has 9 nitrogen and oxygen atoms in total. The van der Waals surface area contributed by atoms with Gasteiger partial charge in [0.05, 0.1) is 11.9 Å². The fraction of sp³-hybridized carbons (Fsp3) is 0.250.